The fraction of sp³-hybridized carbons (Fsp3) is 0.200. The molecule has 3 aliphatic rings. The summed E-state index contributed by atoms with van der Waals surface area (Å²) >= 11 is 0. The highest BCUT2D eigenvalue weighted by Crippen LogP contribution is 2.58. The van der Waals surface area contributed by atoms with Gasteiger partial charge in [0.1, 0.15) is 17.2 Å². The number of carbonyl (C=O) groups is 3. The van der Waals surface area contributed by atoms with Gasteiger partial charge in [0, 0.05) is 28.7 Å². The Kier molecular flexibility index (Phi) is 5.58. The third-order valence-corrected chi connectivity index (χ3v) is 8.94. The molecular weight excluding hydrogens is 510 g/mol. The number of ketones is 2. The Bertz CT molecular complexity index is 1780. The number of fused-ring (bicyclic) bond motifs is 6. The van der Waals surface area contributed by atoms with E-state index in [1.165, 1.54) is 0 Å². The van der Waals surface area contributed by atoms with Crippen LogP contribution in [0.1, 0.15) is 50.0 Å². The number of amides is 1. The van der Waals surface area contributed by atoms with Crippen molar-refractivity contribution in [2.45, 2.75) is 38.3 Å². The van der Waals surface area contributed by atoms with Gasteiger partial charge in [-0.05, 0) is 62.2 Å². The first-order chi connectivity index (χ1) is 19.8. The smallest absolute Gasteiger partial charge is 0.238 e. The first kappa shape index (κ1) is 25.1. The van der Waals surface area contributed by atoms with E-state index in [-0.39, 0.29) is 23.2 Å². The minimum atomic E-state index is -1.35. The highest BCUT2D eigenvalue weighted by molar-refractivity contribution is 6.18. The van der Waals surface area contributed by atoms with Crippen LogP contribution in [0.3, 0.4) is 0 Å². The third kappa shape index (κ3) is 3.50. The maximum Gasteiger partial charge on any atom is 0.238 e. The molecule has 1 N–H and O–H groups in total. The van der Waals surface area contributed by atoms with E-state index in [0.29, 0.717) is 11.3 Å². The topological polar surface area (TPSA) is 79.4 Å². The van der Waals surface area contributed by atoms with E-state index in [9.17, 15) is 14.4 Å². The van der Waals surface area contributed by atoms with E-state index in [4.69, 9.17) is 0 Å². The van der Waals surface area contributed by atoms with E-state index in [1.54, 1.807) is 24.4 Å². The largest absolute Gasteiger partial charge is 0.352 e. The van der Waals surface area contributed by atoms with Gasteiger partial charge in [-0.15, -0.1) is 0 Å². The number of anilines is 2. The number of nitrogens with one attached hydrogen (secondary N) is 1. The van der Waals surface area contributed by atoms with Crippen LogP contribution in [0.2, 0.25) is 0 Å². The molecule has 4 aromatic rings. The van der Waals surface area contributed by atoms with Gasteiger partial charge in [0.05, 0.1) is 12.0 Å². The van der Waals surface area contributed by atoms with Crippen LogP contribution in [0.5, 0.6) is 0 Å². The van der Waals surface area contributed by atoms with Crippen LogP contribution in [0.15, 0.2) is 97.2 Å². The lowest BCUT2D eigenvalue weighted by atomic mass is 9.64. The molecule has 0 saturated carbocycles. The number of carbonyl (C=O) groups excluding carboxylic acids is 3. The van der Waals surface area contributed by atoms with Crippen molar-refractivity contribution < 1.29 is 14.4 Å². The molecule has 0 aliphatic carbocycles. The zero-order valence-electron chi connectivity index (χ0n) is 23.1. The predicted molar refractivity (Wildman–Crippen MR) is 159 cm³/mol. The first-order valence-corrected chi connectivity index (χ1v) is 13.9. The summed E-state index contributed by atoms with van der Waals surface area (Å²) in [5.41, 5.74) is 5.76. The van der Waals surface area contributed by atoms with Crippen LogP contribution in [-0.4, -0.2) is 34.5 Å². The standard InChI is InChI=1S/C35H29N3O3/c1-20-11-14-23(15-12-20)32(39)31-30(33(40)27-10-6-7-17-36-27)35(25-8-4-5-9-26(25)37-34(35)41)29-19-22(3)24-18-21(2)13-16-28(24)38(29)31/h4-19,29-31H,1-3H3,(H,37,41)/t29-,30-,31-,35-/m0/s1. The number of aromatic nitrogens is 1. The summed E-state index contributed by atoms with van der Waals surface area (Å²) in [7, 11) is 0. The Morgan fingerprint density at radius 3 is 2.34 bits per heavy atom. The minimum absolute atomic E-state index is 0.196. The van der Waals surface area contributed by atoms with Crippen molar-refractivity contribution in [3.63, 3.8) is 0 Å². The summed E-state index contributed by atoms with van der Waals surface area (Å²) in [6, 6.07) is 24.8. The molecule has 7 rings (SSSR count). The molecule has 1 amide bonds. The monoisotopic (exact) mass is 539 g/mol. The fourth-order valence-electron chi connectivity index (χ4n) is 7.10. The SMILES string of the molecule is CC1=C[C@@H]2N(c3ccc(C)cc31)[C@H](C(=O)c1ccc(C)cc1)[C@@H](C(=O)c1ccccn1)[C@@]21C(=O)Nc2ccccc21. The third-order valence-electron chi connectivity index (χ3n) is 8.94. The maximum absolute atomic E-state index is 14.7. The van der Waals surface area contributed by atoms with Crippen molar-refractivity contribution in [2.24, 2.45) is 5.92 Å². The number of hydrogen-bond donors (Lipinski definition) is 1. The van der Waals surface area contributed by atoms with E-state index in [0.717, 1.165) is 33.5 Å². The van der Waals surface area contributed by atoms with Crippen LogP contribution < -0.4 is 10.2 Å². The highest BCUT2D eigenvalue weighted by atomic mass is 16.2. The van der Waals surface area contributed by atoms with Crippen molar-refractivity contribution in [3.05, 3.63) is 131 Å². The molecule has 1 aromatic heterocycles. The summed E-state index contributed by atoms with van der Waals surface area (Å²) < 4.78 is 0. The van der Waals surface area contributed by atoms with Crippen molar-refractivity contribution >= 4 is 34.4 Å². The van der Waals surface area contributed by atoms with Gasteiger partial charge in [-0.2, -0.15) is 0 Å². The lowest BCUT2D eigenvalue weighted by Crippen LogP contribution is -2.51. The van der Waals surface area contributed by atoms with Gasteiger partial charge in [-0.3, -0.25) is 19.4 Å². The molecule has 4 atom stereocenters. The molecule has 202 valence electrons. The van der Waals surface area contributed by atoms with E-state index < -0.39 is 23.4 Å². The van der Waals surface area contributed by atoms with E-state index in [1.807, 2.05) is 86.3 Å². The number of para-hydroxylation sites is 1. The second-order valence-electron chi connectivity index (χ2n) is 11.3. The number of rotatable bonds is 4. The molecule has 41 heavy (non-hydrogen) atoms. The Morgan fingerprint density at radius 2 is 1.59 bits per heavy atom. The molecule has 3 aromatic carbocycles. The lowest BCUT2D eigenvalue weighted by molar-refractivity contribution is -0.121. The average molecular weight is 540 g/mol. The van der Waals surface area contributed by atoms with Gasteiger partial charge in [0.2, 0.25) is 5.91 Å². The van der Waals surface area contributed by atoms with Crippen molar-refractivity contribution in [3.8, 4) is 0 Å². The summed E-state index contributed by atoms with van der Waals surface area (Å²) in [6.07, 6.45) is 3.65. The van der Waals surface area contributed by atoms with Crippen molar-refractivity contribution in [1.29, 1.82) is 0 Å². The van der Waals surface area contributed by atoms with Crippen LogP contribution in [0.25, 0.3) is 5.57 Å². The molecule has 1 saturated heterocycles. The second-order valence-corrected chi connectivity index (χ2v) is 11.3. The number of allylic oxidation sites excluding steroid dienone is 1. The van der Waals surface area contributed by atoms with Crippen molar-refractivity contribution in [2.75, 3.05) is 10.2 Å². The summed E-state index contributed by atoms with van der Waals surface area (Å²) in [5.74, 6) is -1.83. The molecule has 0 radical (unpaired) electrons. The number of benzene rings is 3. The van der Waals surface area contributed by atoms with Gasteiger partial charge in [0.15, 0.2) is 11.6 Å². The molecular formula is C35H29N3O3. The molecule has 0 unspecified atom stereocenters. The number of hydrogen-bond acceptors (Lipinski definition) is 5. The van der Waals surface area contributed by atoms with Crippen LogP contribution in [0, 0.1) is 19.8 Å². The number of aryl methyl sites for hydroxylation is 2. The number of pyridine rings is 1. The van der Waals surface area contributed by atoms with Crippen molar-refractivity contribution in [1.82, 2.24) is 4.98 Å². The van der Waals surface area contributed by atoms with Gasteiger partial charge >= 0.3 is 0 Å². The summed E-state index contributed by atoms with van der Waals surface area (Å²) in [4.78, 5) is 50.3. The molecule has 1 spiro atoms. The minimum Gasteiger partial charge on any atom is -0.352 e. The van der Waals surface area contributed by atoms with Gasteiger partial charge in [0.25, 0.3) is 0 Å². The fourth-order valence-corrected chi connectivity index (χ4v) is 7.10. The van der Waals surface area contributed by atoms with Crippen LogP contribution >= 0.6 is 0 Å². The molecule has 6 nitrogen and oxygen atoms in total. The van der Waals surface area contributed by atoms with Gasteiger partial charge < -0.3 is 10.2 Å². The Hall–Kier alpha value is -4.84. The highest BCUT2D eigenvalue weighted by Gasteiger charge is 2.70. The predicted octanol–water partition coefficient (Wildman–Crippen LogP) is 5.94. The number of nitrogens with zero attached hydrogens (tertiary/aromatic N) is 2. The molecule has 6 heteroatoms. The van der Waals surface area contributed by atoms with Crippen LogP contribution in [0.4, 0.5) is 11.4 Å². The quantitative estimate of drug-likeness (QED) is 0.325. The van der Waals surface area contributed by atoms with Crippen LogP contribution in [-0.2, 0) is 10.2 Å². The first-order valence-electron chi connectivity index (χ1n) is 13.9. The average Bonchev–Trinajstić information content (AvgIpc) is 3.45. The summed E-state index contributed by atoms with van der Waals surface area (Å²) in [5, 5.41) is 3.08. The molecule has 1 fully saturated rings. The van der Waals surface area contributed by atoms with Gasteiger partial charge in [-0.1, -0.05) is 71.8 Å². The molecule has 0 bridgehead atoms. The Labute approximate surface area is 238 Å². The lowest BCUT2D eigenvalue weighted by Gasteiger charge is -2.39. The molecule has 4 heterocycles. The second kappa shape index (κ2) is 9.10. The number of Topliss-reactive ketones (excluding diaryl/α,β-unsaturated/α-hetero) is 2. The maximum atomic E-state index is 14.7. The normalized spacial score (nSPS) is 23.9. The zero-order valence-corrected chi connectivity index (χ0v) is 23.1. The van der Waals surface area contributed by atoms with E-state index in [2.05, 4.69) is 22.4 Å². The Balaban J connectivity index is 1.56. The zero-order chi connectivity index (χ0) is 28.5. The Morgan fingerprint density at radius 1 is 0.854 bits per heavy atom. The molecule has 3 aliphatic heterocycles. The van der Waals surface area contributed by atoms with E-state index >= 15 is 0 Å². The summed E-state index contributed by atoms with van der Waals surface area (Å²) in [6.45, 7) is 6.04. The van der Waals surface area contributed by atoms with Gasteiger partial charge in [-0.25, -0.2) is 0 Å².